The smallest absolute Gasteiger partial charge is 0.335 e. The highest BCUT2D eigenvalue weighted by Gasteiger charge is 2.27. The van der Waals surface area contributed by atoms with Crippen molar-refractivity contribution in [1.82, 2.24) is 4.65 Å². The molecule has 0 aromatic heterocycles. The Morgan fingerprint density at radius 1 is 1.10 bits per heavy atom. The van der Waals surface area contributed by atoms with E-state index in [1.54, 1.807) is 0 Å². The van der Waals surface area contributed by atoms with Crippen LogP contribution in [-0.4, -0.2) is 18.3 Å². The number of benzene rings is 2. The quantitative estimate of drug-likeness (QED) is 0.397. The Morgan fingerprint density at radius 3 is 2.24 bits per heavy atom. The average Bonchev–Trinajstić information content (AvgIpc) is 2.54. The van der Waals surface area contributed by atoms with Crippen molar-refractivity contribution < 1.29 is 14.7 Å². The summed E-state index contributed by atoms with van der Waals surface area (Å²) in [6, 6.07) is 18.8. The van der Waals surface area contributed by atoms with E-state index in [2.05, 4.69) is 4.74 Å². The minimum absolute atomic E-state index is 0.318. The number of hydrogen-bond acceptors (Lipinski definition) is 3. The normalized spacial score (nSPS) is 13.8. The topological polar surface area (TPSA) is 46.5 Å². The molecule has 1 N–H and O–H groups in total. The SMILES string of the molecule is COC(=O)C=C[N+](O)(Cc1ccccc1)c1ccccc1. The molecule has 21 heavy (non-hydrogen) atoms. The van der Waals surface area contributed by atoms with Crippen LogP contribution in [0, 0.1) is 0 Å². The number of quaternary nitrogens is 1. The van der Waals surface area contributed by atoms with Crippen molar-refractivity contribution in [2.24, 2.45) is 0 Å². The van der Waals surface area contributed by atoms with E-state index in [1.807, 2.05) is 60.7 Å². The van der Waals surface area contributed by atoms with E-state index in [-0.39, 0.29) is 0 Å². The van der Waals surface area contributed by atoms with Crippen molar-refractivity contribution in [3.63, 3.8) is 0 Å². The summed E-state index contributed by atoms with van der Waals surface area (Å²) in [5.74, 6) is -0.504. The minimum Gasteiger partial charge on any atom is -0.466 e. The number of hydrogen-bond donors (Lipinski definition) is 1. The van der Waals surface area contributed by atoms with Crippen LogP contribution in [0.3, 0.4) is 0 Å². The van der Waals surface area contributed by atoms with Gasteiger partial charge >= 0.3 is 5.97 Å². The zero-order chi connectivity index (χ0) is 15.1. The predicted octanol–water partition coefficient (Wildman–Crippen LogP) is 3.27. The highest BCUT2D eigenvalue weighted by atomic mass is 16.5. The van der Waals surface area contributed by atoms with Gasteiger partial charge in [0.05, 0.1) is 13.2 Å². The van der Waals surface area contributed by atoms with E-state index < -0.39 is 10.6 Å². The van der Waals surface area contributed by atoms with Gasteiger partial charge < -0.3 is 4.74 Å². The number of rotatable bonds is 5. The summed E-state index contributed by atoms with van der Waals surface area (Å²) < 4.78 is 4.08. The van der Waals surface area contributed by atoms with E-state index in [9.17, 15) is 10.0 Å². The van der Waals surface area contributed by atoms with Crippen molar-refractivity contribution in [2.45, 2.75) is 6.54 Å². The summed E-state index contributed by atoms with van der Waals surface area (Å²) in [4.78, 5) is 11.3. The van der Waals surface area contributed by atoms with Gasteiger partial charge in [-0.3, -0.25) is 0 Å². The first kappa shape index (κ1) is 15.0. The Bertz CT molecular complexity index is 610. The first-order valence-corrected chi connectivity index (χ1v) is 6.61. The number of carbonyl (C=O) groups excluding carboxylic acids is 1. The van der Waals surface area contributed by atoms with E-state index >= 15 is 0 Å². The molecule has 2 aromatic carbocycles. The molecule has 0 aliphatic heterocycles. The number of hydroxylamine groups is 2. The Labute approximate surface area is 124 Å². The number of carbonyl (C=O) groups is 1. The van der Waals surface area contributed by atoms with Crippen LogP contribution in [-0.2, 0) is 16.1 Å². The minimum atomic E-state index is -0.504. The molecule has 0 aliphatic rings. The standard InChI is InChI=1S/C17H18NO3/c1-21-17(19)12-13-18(20,16-10-6-3-7-11-16)14-15-8-4-2-5-9-15/h2-13,20H,14H2,1H3/q+1. The van der Waals surface area contributed by atoms with Crippen LogP contribution in [0.15, 0.2) is 72.9 Å². The Kier molecular flexibility index (Phi) is 4.87. The number of nitrogens with zero attached hydrogens (tertiary/aromatic N) is 1. The van der Waals surface area contributed by atoms with Crippen molar-refractivity contribution in [1.29, 1.82) is 0 Å². The summed E-state index contributed by atoms with van der Waals surface area (Å²) >= 11 is 0. The Hall–Kier alpha value is -2.43. The lowest BCUT2D eigenvalue weighted by atomic mass is 10.2. The second-order valence-corrected chi connectivity index (χ2v) is 4.64. The van der Waals surface area contributed by atoms with Crippen LogP contribution in [0.5, 0.6) is 0 Å². The molecule has 0 saturated heterocycles. The van der Waals surface area contributed by atoms with Crippen molar-refractivity contribution in [3.8, 4) is 0 Å². The molecule has 1 unspecified atom stereocenters. The van der Waals surface area contributed by atoms with Crippen LogP contribution < -0.4 is 4.65 Å². The lowest BCUT2D eigenvalue weighted by molar-refractivity contribution is -0.135. The molecule has 108 valence electrons. The number of para-hydroxylation sites is 1. The van der Waals surface area contributed by atoms with Gasteiger partial charge in [-0.25, -0.2) is 10.0 Å². The van der Waals surface area contributed by atoms with Gasteiger partial charge in [-0.2, -0.15) is 0 Å². The van der Waals surface area contributed by atoms with Gasteiger partial charge in [-0.1, -0.05) is 48.5 Å². The fraction of sp³-hybridized carbons (Fsp3) is 0.118. The molecule has 2 aromatic rings. The maximum Gasteiger partial charge on any atom is 0.335 e. The van der Waals surface area contributed by atoms with E-state index in [0.717, 1.165) is 5.56 Å². The molecule has 2 rings (SSSR count). The third-order valence-corrected chi connectivity index (χ3v) is 3.13. The average molecular weight is 284 g/mol. The second kappa shape index (κ2) is 6.83. The zero-order valence-electron chi connectivity index (χ0n) is 11.8. The summed E-state index contributed by atoms with van der Waals surface area (Å²) in [6.45, 7) is 0.318. The largest absolute Gasteiger partial charge is 0.466 e. The third kappa shape index (κ3) is 4.02. The van der Waals surface area contributed by atoms with Crippen LogP contribution in [0.2, 0.25) is 0 Å². The fourth-order valence-electron chi connectivity index (χ4n) is 2.03. The molecular formula is C17H18NO3+. The first-order valence-electron chi connectivity index (χ1n) is 6.61. The van der Waals surface area contributed by atoms with Gasteiger partial charge in [0.2, 0.25) is 0 Å². The molecule has 0 amide bonds. The molecule has 0 aliphatic carbocycles. The van der Waals surface area contributed by atoms with E-state index in [1.165, 1.54) is 19.4 Å². The van der Waals surface area contributed by atoms with Crippen LogP contribution in [0.25, 0.3) is 0 Å². The molecule has 0 radical (unpaired) electrons. The highest BCUT2D eigenvalue weighted by Crippen LogP contribution is 2.24. The summed E-state index contributed by atoms with van der Waals surface area (Å²) in [5, 5.41) is 10.9. The van der Waals surface area contributed by atoms with Crippen LogP contribution in [0.1, 0.15) is 5.56 Å². The Balaban J connectivity index is 2.34. The summed E-state index contributed by atoms with van der Waals surface area (Å²) in [6.07, 6.45) is 2.66. The van der Waals surface area contributed by atoms with Gasteiger partial charge in [0.15, 0.2) is 5.69 Å². The zero-order valence-corrected chi connectivity index (χ0v) is 11.8. The third-order valence-electron chi connectivity index (χ3n) is 3.13. The lowest BCUT2D eigenvalue weighted by Gasteiger charge is -2.25. The van der Waals surface area contributed by atoms with Gasteiger partial charge in [0.1, 0.15) is 12.7 Å². The molecule has 4 heteroatoms. The maximum absolute atomic E-state index is 11.3. The van der Waals surface area contributed by atoms with E-state index in [4.69, 9.17) is 0 Å². The molecule has 0 bridgehead atoms. The number of methoxy groups -OCH3 is 1. The molecule has 4 nitrogen and oxygen atoms in total. The van der Waals surface area contributed by atoms with Gasteiger partial charge in [0, 0.05) is 17.7 Å². The van der Waals surface area contributed by atoms with E-state index in [0.29, 0.717) is 12.2 Å². The summed E-state index contributed by atoms with van der Waals surface area (Å²) in [5.41, 5.74) is 1.62. The van der Waals surface area contributed by atoms with Crippen LogP contribution >= 0.6 is 0 Å². The second-order valence-electron chi connectivity index (χ2n) is 4.64. The molecule has 0 spiro atoms. The molecule has 0 saturated carbocycles. The Morgan fingerprint density at radius 2 is 1.67 bits per heavy atom. The molecule has 1 atom stereocenters. The fourth-order valence-corrected chi connectivity index (χ4v) is 2.03. The van der Waals surface area contributed by atoms with Crippen molar-refractivity contribution in [3.05, 3.63) is 78.5 Å². The monoisotopic (exact) mass is 284 g/mol. The first-order chi connectivity index (χ1) is 10.1. The lowest BCUT2D eigenvalue weighted by Crippen LogP contribution is -2.39. The van der Waals surface area contributed by atoms with Crippen molar-refractivity contribution >= 4 is 11.7 Å². The number of ether oxygens (including phenoxy) is 1. The highest BCUT2D eigenvalue weighted by molar-refractivity contribution is 5.82. The summed E-state index contributed by atoms with van der Waals surface area (Å²) in [7, 11) is 1.30. The van der Waals surface area contributed by atoms with Crippen molar-refractivity contribution in [2.75, 3.05) is 7.11 Å². The van der Waals surface area contributed by atoms with Crippen LogP contribution in [0.4, 0.5) is 5.69 Å². The maximum atomic E-state index is 11.3. The van der Waals surface area contributed by atoms with Gasteiger partial charge in [0.25, 0.3) is 0 Å². The molecule has 0 heterocycles. The van der Waals surface area contributed by atoms with Gasteiger partial charge in [-0.15, -0.1) is 4.65 Å². The number of esters is 1. The molecular weight excluding hydrogens is 266 g/mol. The predicted molar refractivity (Wildman–Crippen MR) is 81.3 cm³/mol. The van der Waals surface area contributed by atoms with Gasteiger partial charge in [-0.05, 0) is 0 Å². The molecule has 0 fully saturated rings.